The normalized spacial score (nSPS) is 12.6. The van der Waals surface area contributed by atoms with Gasteiger partial charge in [0.25, 0.3) is 0 Å². The Hall–Kier alpha value is -1.65. The Morgan fingerprint density at radius 2 is 2.00 bits per heavy atom. The third-order valence-electron chi connectivity index (χ3n) is 3.52. The van der Waals surface area contributed by atoms with Crippen LogP contribution in [0.25, 0.3) is 0 Å². The van der Waals surface area contributed by atoms with Crippen LogP contribution in [0.15, 0.2) is 30.3 Å². The topological polar surface area (TPSA) is 55.9 Å². The maximum atomic E-state index is 5.70. The molecule has 1 heterocycles. The first-order valence-corrected chi connectivity index (χ1v) is 6.60. The Morgan fingerprint density at radius 3 is 2.58 bits per heavy atom. The zero-order valence-corrected chi connectivity index (χ0v) is 11.9. The number of benzene rings is 1. The van der Waals surface area contributed by atoms with Crippen molar-refractivity contribution >= 4 is 0 Å². The summed E-state index contributed by atoms with van der Waals surface area (Å²) in [6.07, 6.45) is 1.80. The SMILES string of the molecule is Cc1cc(CC(Cc2ccccc2C)NN)n(C)n1. The van der Waals surface area contributed by atoms with Crippen molar-refractivity contribution in [3.8, 4) is 0 Å². The van der Waals surface area contributed by atoms with Crippen LogP contribution < -0.4 is 11.3 Å². The van der Waals surface area contributed by atoms with Gasteiger partial charge in [0, 0.05) is 25.2 Å². The van der Waals surface area contributed by atoms with Crippen LogP contribution in [0.1, 0.15) is 22.5 Å². The minimum Gasteiger partial charge on any atom is -0.272 e. The smallest absolute Gasteiger partial charge is 0.0596 e. The van der Waals surface area contributed by atoms with Crippen LogP contribution in [0.2, 0.25) is 0 Å². The molecule has 3 N–H and O–H groups in total. The standard InChI is InChI=1S/C15H22N4/c1-11-6-4-5-7-13(11)9-14(17-16)10-15-8-12(2)18-19(15)3/h4-8,14,17H,9-10,16H2,1-3H3. The molecule has 0 bridgehead atoms. The zero-order valence-electron chi connectivity index (χ0n) is 11.9. The molecule has 1 unspecified atom stereocenters. The molecule has 4 nitrogen and oxygen atoms in total. The van der Waals surface area contributed by atoms with E-state index in [1.807, 2.05) is 18.7 Å². The number of nitrogens with zero attached hydrogens (tertiary/aromatic N) is 2. The molecule has 1 atom stereocenters. The molecule has 19 heavy (non-hydrogen) atoms. The van der Waals surface area contributed by atoms with Gasteiger partial charge < -0.3 is 0 Å². The van der Waals surface area contributed by atoms with Crippen molar-refractivity contribution in [1.82, 2.24) is 15.2 Å². The van der Waals surface area contributed by atoms with E-state index in [9.17, 15) is 0 Å². The Kier molecular flexibility index (Phi) is 4.35. The van der Waals surface area contributed by atoms with E-state index in [-0.39, 0.29) is 6.04 Å². The minimum absolute atomic E-state index is 0.218. The summed E-state index contributed by atoms with van der Waals surface area (Å²) in [7, 11) is 1.98. The fourth-order valence-corrected chi connectivity index (χ4v) is 2.40. The molecule has 0 aliphatic heterocycles. The number of nitrogens with one attached hydrogen (secondary N) is 1. The lowest BCUT2D eigenvalue weighted by molar-refractivity contribution is 0.504. The van der Waals surface area contributed by atoms with E-state index in [4.69, 9.17) is 5.84 Å². The molecular weight excluding hydrogens is 236 g/mol. The van der Waals surface area contributed by atoms with E-state index >= 15 is 0 Å². The van der Waals surface area contributed by atoms with Gasteiger partial charge in [-0.25, -0.2) is 0 Å². The molecule has 0 aliphatic rings. The number of hydrogen-bond acceptors (Lipinski definition) is 3. The Balaban J connectivity index is 2.09. The second-order valence-corrected chi connectivity index (χ2v) is 5.10. The summed E-state index contributed by atoms with van der Waals surface area (Å²) in [5, 5.41) is 4.37. The molecule has 1 aromatic carbocycles. The number of aryl methyl sites for hydroxylation is 3. The van der Waals surface area contributed by atoms with E-state index in [2.05, 4.69) is 47.8 Å². The second-order valence-electron chi connectivity index (χ2n) is 5.10. The van der Waals surface area contributed by atoms with Crippen LogP contribution in [0.3, 0.4) is 0 Å². The van der Waals surface area contributed by atoms with Gasteiger partial charge in [-0.1, -0.05) is 24.3 Å². The predicted octanol–water partition coefficient (Wildman–Crippen LogP) is 1.65. The summed E-state index contributed by atoms with van der Waals surface area (Å²) in [4.78, 5) is 0. The van der Waals surface area contributed by atoms with Gasteiger partial charge in [0.15, 0.2) is 0 Å². The van der Waals surface area contributed by atoms with Crippen molar-refractivity contribution in [2.75, 3.05) is 0 Å². The summed E-state index contributed by atoms with van der Waals surface area (Å²) < 4.78 is 1.93. The first kappa shape index (κ1) is 13.8. The molecule has 102 valence electrons. The largest absolute Gasteiger partial charge is 0.272 e. The first-order valence-electron chi connectivity index (χ1n) is 6.60. The van der Waals surface area contributed by atoms with Crippen LogP contribution >= 0.6 is 0 Å². The molecule has 2 rings (SSSR count). The van der Waals surface area contributed by atoms with Crippen LogP contribution in [0.4, 0.5) is 0 Å². The molecular formula is C15H22N4. The van der Waals surface area contributed by atoms with Crippen molar-refractivity contribution in [3.05, 3.63) is 52.8 Å². The van der Waals surface area contributed by atoms with Crippen LogP contribution in [0, 0.1) is 13.8 Å². The fourth-order valence-electron chi connectivity index (χ4n) is 2.40. The van der Waals surface area contributed by atoms with Gasteiger partial charge in [0.1, 0.15) is 0 Å². The monoisotopic (exact) mass is 258 g/mol. The van der Waals surface area contributed by atoms with Gasteiger partial charge >= 0.3 is 0 Å². The Morgan fingerprint density at radius 1 is 1.26 bits per heavy atom. The fraction of sp³-hybridized carbons (Fsp3) is 0.400. The maximum Gasteiger partial charge on any atom is 0.0596 e. The minimum atomic E-state index is 0.218. The highest BCUT2D eigenvalue weighted by atomic mass is 15.3. The highest BCUT2D eigenvalue weighted by Gasteiger charge is 2.13. The lowest BCUT2D eigenvalue weighted by Gasteiger charge is -2.17. The molecule has 0 fully saturated rings. The van der Waals surface area contributed by atoms with E-state index in [1.54, 1.807) is 0 Å². The van der Waals surface area contributed by atoms with Gasteiger partial charge in [0.2, 0.25) is 0 Å². The molecule has 0 radical (unpaired) electrons. The maximum absolute atomic E-state index is 5.70. The predicted molar refractivity (Wildman–Crippen MR) is 77.6 cm³/mol. The number of hydrazine groups is 1. The van der Waals surface area contributed by atoms with Gasteiger partial charge in [-0.05, 0) is 37.5 Å². The molecule has 2 aromatic rings. The van der Waals surface area contributed by atoms with Gasteiger partial charge in [-0.15, -0.1) is 0 Å². The van der Waals surface area contributed by atoms with Gasteiger partial charge in [0.05, 0.1) is 5.69 Å². The summed E-state index contributed by atoms with van der Waals surface area (Å²) in [5.41, 5.74) is 7.82. The van der Waals surface area contributed by atoms with Crippen molar-refractivity contribution < 1.29 is 0 Å². The molecule has 1 aromatic heterocycles. The van der Waals surface area contributed by atoms with Gasteiger partial charge in [-0.3, -0.25) is 16.0 Å². The van der Waals surface area contributed by atoms with Gasteiger partial charge in [-0.2, -0.15) is 5.10 Å². The van der Waals surface area contributed by atoms with Crippen molar-refractivity contribution in [2.24, 2.45) is 12.9 Å². The average Bonchev–Trinajstić information content (AvgIpc) is 2.69. The second kappa shape index (κ2) is 5.99. The van der Waals surface area contributed by atoms with Crippen LogP contribution in [0.5, 0.6) is 0 Å². The van der Waals surface area contributed by atoms with E-state index in [0.29, 0.717) is 0 Å². The van der Waals surface area contributed by atoms with E-state index in [1.165, 1.54) is 16.8 Å². The van der Waals surface area contributed by atoms with Crippen molar-refractivity contribution in [3.63, 3.8) is 0 Å². The molecule has 0 aliphatic carbocycles. The lowest BCUT2D eigenvalue weighted by atomic mass is 9.98. The molecule has 0 spiro atoms. The highest BCUT2D eigenvalue weighted by molar-refractivity contribution is 5.26. The molecule has 4 heteroatoms. The van der Waals surface area contributed by atoms with E-state index < -0.39 is 0 Å². The first-order chi connectivity index (χ1) is 9.10. The van der Waals surface area contributed by atoms with Crippen LogP contribution in [-0.2, 0) is 19.9 Å². The molecule has 0 saturated heterocycles. The number of nitrogens with two attached hydrogens (primary N) is 1. The zero-order chi connectivity index (χ0) is 13.8. The number of aromatic nitrogens is 2. The summed E-state index contributed by atoms with van der Waals surface area (Å²) in [6, 6.07) is 10.8. The van der Waals surface area contributed by atoms with Crippen molar-refractivity contribution in [2.45, 2.75) is 32.7 Å². The molecule has 0 saturated carbocycles. The lowest BCUT2D eigenvalue weighted by Crippen LogP contribution is -2.39. The summed E-state index contributed by atoms with van der Waals surface area (Å²) >= 11 is 0. The third kappa shape index (κ3) is 3.43. The summed E-state index contributed by atoms with van der Waals surface area (Å²) in [6.45, 7) is 4.15. The van der Waals surface area contributed by atoms with E-state index in [0.717, 1.165) is 18.5 Å². The van der Waals surface area contributed by atoms with Crippen molar-refractivity contribution in [1.29, 1.82) is 0 Å². The molecule has 0 amide bonds. The number of rotatable bonds is 5. The third-order valence-corrected chi connectivity index (χ3v) is 3.52. The average molecular weight is 258 g/mol. The quantitative estimate of drug-likeness (QED) is 0.633. The van der Waals surface area contributed by atoms with Crippen LogP contribution in [-0.4, -0.2) is 15.8 Å². The summed E-state index contributed by atoms with van der Waals surface area (Å²) in [5.74, 6) is 5.70. The number of hydrogen-bond donors (Lipinski definition) is 2. The Labute approximate surface area is 114 Å². The highest BCUT2D eigenvalue weighted by Crippen LogP contribution is 2.13. The Bertz CT molecular complexity index is 545.